The summed E-state index contributed by atoms with van der Waals surface area (Å²) in [6, 6.07) is 5.59. The molecule has 1 aliphatic heterocycles. The Morgan fingerprint density at radius 1 is 1.30 bits per heavy atom. The monoisotopic (exact) mass is 427 g/mol. The number of ether oxygens (including phenoxy) is 1. The number of hydrogen-bond donors (Lipinski definition) is 2. The number of amides is 1. The highest BCUT2D eigenvalue weighted by Gasteiger charge is 2.43. The van der Waals surface area contributed by atoms with Gasteiger partial charge in [-0.15, -0.1) is 24.2 Å². The van der Waals surface area contributed by atoms with Crippen LogP contribution in [-0.2, 0) is 4.79 Å². The molecule has 0 radical (unpaired) electrons. The molecule has 1 fully saturated rings. The van der Waals surface area contributed by atoms with Crippen LogP contribution in [0.5, 0.6) is 5.75 Å². The molecule has 27 heavy (non-hydrogen) atoms. The Bertz CT molecular complexity index is 570. The second-order valence-corrected chi connectivity index (χ2v) is 6.89. The molecule has 2 rings (SSSR count). The number of carbonyl (C=O) groups excluding carboxylic acids is 1. The minimum absolute atomic E-state index is 0. The quantitative estimate of drug-likeness (QED) is 0.624. The maximum atomic E-state index is 13.3. The Balaban J connectivity index is 0.00000364. The molecule has 1 saturated heterocycles. The fraction of sp³-hybridized carbons (Fsp3) is 0.588. The molecule has 1 amide bonds. The number of benzene rings is 1. The van der Waals surface area contributed by atoms with Crippen molar-refractivity contribution in [2.75, 3.05) is 45.1 Å². The van der Waals surface area contributed by atoms with Gasteiger partial charge in [-0.25, -0.2) is 0 Å². The fourth-order valence-electron chi connectivity index (χ4n) is 2.65. The molecule has 2 N–H and O–H groups in total. The zero-order valence-electron chi connectivity index (χ0n) is 15.1. The minimum atomic E-state index is -4.37. The summed E-state index contributed by atoms with van der Waals surface area (Å²) in [7, 11) is 0. The fourth-order valence-corrected chi connectivity index (χ4v) is 3.38. The summed E-state index contributed by atoms with van der Waals surface area (Å²) in [5.74, 6) is 0.402. The average Bonchev–Trinajstić information content (AvgIpc) is 2.61. The maximum absolute atomic E-state index is 13.3. The van der Waals surface area contributed by atoms with E-state index < -0.39 is 24.7 Å². The van der Waals surface area contributed by atoms with Crippen LogP contribution in [0.15, 0.2) is 29.2 Å². The van der Waals surface area contributed by atoms with Gasteiger partial charge >= 0.3 is 6.18 Å². The van der Waals surface area contributed by atoms with E-state index in [9.17, 15) is 18.0 Å². The molecule has 0 saturated carbocycles. The topological polar surface area (TPSA) is 53.6 Å². The number of hydrogen-bond acceptors (Lipinski definition) is 5. The molecule has 1 heterocycles. The third kappa shape index (κ3) is 8.16. The highest BCUT2D eigenvalue weighted by atomic mass is 35.5. The van der Waals surface area contributed by atoms with Gasteiger partial charge in [-0.1, -0.05) is 0 Å². The smallest absolute Gasteiger partial charge is 0.405 e. The van der Waals surface area contributed by atoms with Crippen molar-refractivity contribution in [3.63, 3.8) is 0 Å². The zero-order chi connectivity index (χ0) is 19.0. The first-order chi connectivity index (χ1) is 12.4. The summed E-state index contributed by atoms with van der Waals surface area (Å²) >= 11 is 1.28. The van der Waals surface area contributed by atoms with E-state index in [1.54, 1.807) is 12.1 Å². The first-order valence-electron chi connectivity index (χ1n) is 8.54. The second-order valence-electron chi connectivity index (χ2n) is 5.84. The SMILES string of the molecule is CCOc1ccc(SCC(=O)NCC(N2CCNCC2)C(F)(F)F)cc1.Cl. The van der Waals surface area contributed by atoms with Crippen LogP contribution in [0.1, 0.15) is 6.92 Å². The van der Waals surface area contributed by atoms with E-state index in [-0.39, 0.29) is 18.2 Å². The van der Waals surface area contributed by atoms with Gasteiger partial charge in [0.05, 0.1) is 12.4 Å². The van der Waals surface area contributed by atoms with Crippen LogP contribution in [0.2, 0.25) is 0 Å². The Morgan fingerprint density at radius 2 is 1.93 bits per heavy atom. The third-order valence-corrected chi connectivity index (χ3v) is 4.98. The lowest BCUT2D eigenvalue weighted by atomic mass is 10.2. The van der Waals surface area contributed by atoms with Crippen LogP contribution in [0.3, 0.4) is 0 Å². The maximum Gasteiger partial charge on any atom is 0.405 e. The summed E-state index contributed by atoms with van der Waals surface area (Å²) in [6.45, 7) is 3.72. The largest absolute Gasteiger partial charge is 0.494 e. The molecule has 0 aromatic heterocycles. The Kier molecular flexibility index (Phi) is 10.3. The summed E-state index contributed by atoms with van der Waals surface area (Å²) in [5, 5.41) is 5.45. The number of nitrogens with one attached hydrogen (secondary N) is 2. The molecule has 10 heteroatoms. The Labute approximate surface area is 167 Å². The van der Waals surface area contributed by atoms with Crippen molar-refractivity contribution in [2.45, 2.75) is 24.0 Å². The molecular weight excluding hydrogens is 403 g/mol. The van der Waals surface area contributed by atoms with Crippen molar-refractivity contribution in [1.29, 1.82) is 0 Å². The molecule has 0 spiro atoms. The minimum Gasteiger partial charge on any atom is -0.494 e. The number of piperazine rings is 1. The van der Waals surface area contributed by atoms with Crippen molar-refractivity contribution < 1.29 is 22.7 Å². The molecule has 1 aromatic carbocycles. The molecule has 1 unspecified atom stereocenters. The van der Waals surface area contributed by atoms with E-state index in [1.807, 2.05) is 19.1 Å². The average molecular weight is 428 g/mol. The van der Waals surface area contributed by atoms with Gasteiger partial charge in [0.1, 0.15) is 11.8 Å². The lowest BCUT2D eigenvalue weighted by Crippen LogP contribution is -2.57. The summed E-state index contributed by atoms with van der Waals surface area (Å²) < 4.78 is 45.2. The van der Waals surface area contributed by atoms with Crippen molar-refractivity contribution >= 4 is 30.1 Å². The number of nitrogens with zero attached hydrogens (tertiary/aromatic N) is 1. The van der Waals surface area contributed by atoms with Crippen LogP contribution in [-0.4, -0.2) is 68.1 Å². The van der Waals surface area contributed by atoms with E-state index in [0.29, 0.717) is 32.8 Å². The van der Waals surface area contributed by atoms with Crippen molar-refractivity contribution in [3.8, 4) is 5.75 Å². The zero-order valence-corrected chi connectivity index (χ0v) is 16.7. The Morgan fingerprint density at radius 3 is 2.48 bits per heavy atom. The lowest BCUT2D eigenvalue weighted by molar-refractivity contribution is -0.183. The van der Waals surface area contributed by atoms with Gasteiger partial charge in [0.2, 0.25) is 5.91 Å². The normalized spacial score (nSPS) is 16.3. The molecule has 1 aromatic rings. The van der Waals surface area contributed by atoms with E-state index >= 15 is 0 Å². The highest BCUT2D eigenvalue weighted by molar-refractivity contribution is 8.00. The predicted molar refractivity (Wildman–Crippen MR) is 103 cm³/mol. The first-order valence-corrected chi connectivity index (χ1v) is 9.52. The molecule has 5 nitrogen and oxygen atoms in total. The number of thioether (sulfide) groups is 1. The number of halogens is 4. The van der Waals surface area contributed by atoms with Crippen molar-refractivity contribution in [3.05, 3.63) is 24.3 Å². The van der Waals surface area contributed by atoms with Crippen LogP contribution in [0.25, 0.3) is 0 Å². The molecule has 1 atom stereocenters. The number of carbonyl (C=O) groups is 1. The highest BCUT2D eigenvalue weighted by Crippen LogP contribution is 2.25. The van der Waals surface area contributed by atoms with E-state index in [1.165, 1.54) is 16.7 Å². The van der Waals surface area contributed by atoms with E-state index in [0.717, 1.165) is 10.6 Å². The third-order valence-electron chi connectivity index (χ3n) is 3.97. The second kappa shape index (κ2) is 11.6. The summed E-state index contributed by atoms with van der Waals surface area (Å²) in [5.41, 5.74) is 0. The van der Waals surface area contributed by atoms with Crippen LogP contribution < -0.4 is 15.4 Å². The van der Waals surface area contributed by atoms with Gasteiger partial charge in [0, 0.05) is 37.6 Å². The number of rotatable bonds is 8. The summed E-state index contributed by atoms with van der Waals surface area (Å²) in [4.78, 5) is 14.2. The van der Waals surface area contributed by atoms with Gasteiger partial charge in [-0.05, 0) is 31.2 Å². The molecule has 0 aliphatic carbocycles. The van der Waals surface area contributed by atoms with E-state index in [4.69, 9.17) is 4.74 Å². The van der Waals surface area contributed by atoms with Gasteiger partial charge in [-0.3, -0.25) is 9.69 Å². The predicted octanol–water partition coefficient (Wildman–Crippen LogP) is 2.55. The van der Waals surface area contributed by atoms with Gasteiger partial charge in [0.25, 0.3) is 0 Å². The lowest BCUT2D eigenvalue weighted by Gasteiger charge is -2.35. The molecular formula is C17H25ClF3N3O2S. The van der Waals surface area contributed by atoms with Crippen LogP contribution >= 0.6 is 24.2 Å². The molecule has 1 aliphatic rings. The van der Waals surface area contributed by atoms with Gasteiger partial charge < -0.3 is 15.4 Å². The van der Waals surface area contributed by atoms with Crippen LogP contribution in [0, 0.1) is 0 Å². The molecule has 154 valence electrons. The van der Waals surface area contributed by atoms with E-state index in [2.05, 4.69) is 10.6 Å². The number of alkyl halides is 3. The Hall–Kier alpha value is -1.16. The van der Waals surface area contributed by atoms with Crippen molar-refractivity contribution in [1.82, 2.24) is 15.5 Å². The molecule has 0 bridgehead atoms. The van der Waals surface area contributed by atoms with Gasteiger partial charge in [0.15, 0.2) is 0 Å². The van der Waals surface area contributed by atoms with Crippen molar-refractivity contribution in [2.24, 2.45) is 0 Å². The van der Waals surface area contributed by atoms with Gasteiger partial charge in [-0.2, -0.15) is 13.2 Å². The standard InChI is InChI=1S/C17H24F3N3O2S.ClH/c1-2-25-13-3-5-14(6-4-13)26-12-16(24)22-11-15(17(18,19)20)23-9-7-21-8-10-23;/h3-6,15,21H,2,7-12H2,1H3,(H,22,24);1H. The summed E-state index contributed by atoms with van der Waals surface area (Å²) in [6.07, 6.45) is -4.37. The first kappa shape index (κ1) is 23.9. The van der Waals surface area contributed by atoms with Crippen LogP contribution in [0.4, 0.5) is 13.2 Å².